The minimum atomic E-state index is -1.57. The average molecular weight is 351 g/mol. The van der Waals surface area contributed by atoms with E-state index in [-0.39, 0.29) is 6.42 Å². The molecule has 0 spiro atoms. The molecule has 1 aromatic heterocycles. The fraction of sp³-hybridized carbons (Fsp3) is 0.222. The van der Waals surface area contributed by atoms with E-state index in [4.69, 9.17) is 20.0 Å². The van der Waals surface area contributed by atoms with Crippen LogP contribution in [0.25, 0.3) is 17.3 Å². The first-order valence-electron chi connectivity index (χ1n) is 7.54. The lowest BCUT2D eigenvalue weighted by Gasteiger charge is -2.09. The quantitative estimate of drug-likeness (QED) is 0.541. The van der Waals surface area contributed by atoms with Crippen LogP contribution in [0.2, 0.25) is 0 Å². The predicted molar refractivity (Wildman–Crippen MR) is 89.6 cm³/mol. The van der Waals surface area contributed by atoms with Crippen molar-refractivity contribution in [1.29, 1.82) is 10.5 Å². The molecule has 0 atom stereocenters. The minimum Gasteiger partial charge on any atom is -0.544 e. The zero-order valence-corrected chi connectivity index (χ0v) is 14.2. The molecule has 1 heterocycles. The number of nitrogens with zero attached hydrogens (tertiary/aromatic N) is 4. The third-order valence-electron chi connectivity index (χ3n) is 3.54. The summed E-state index contributed by atoms with van der Waals surface area (Å²) in [4.78, 5) is 11.0. The van der Waals surface area contributed by atoms with Crippen LogP contribution < -0.4 is 14.6 Å². The van der Waals surface area contributed by atoms with E-state index in [1.165, 1.54) is 25.0 Å². The highest BCUT2D eigenvalue weighted by molar-refractivity contribution is 5.96. The van der Waals surface area contributed by atoms with Crippen LogP contribution in [0.5, 0.6) is 11.5 Å². The highest BCUT2D eigenvalue weighted by Crippen LogP contribution is 2.33. The van der Waals surface area contributed by atoms with Gasteiger partial charge in [0.05, 0.1) is 50.5 Å². The number of rotatable bonds is 7. The Balaban J connectivity index is 2.59. The van der Waals surface area contributed by atoms with Crippen molar-refractivity contribution >= 4 is 12.0 Å². The van der Waals surface area contributed by atoms with E-state index in [2.05, 4.69) is 5.10 Å². The number of nitriles is 2. The Morgan fingerprint density at radius 3 is 2.62 bits per heavy atom. The molecule has 26 heavy (non-hydrogen) atoms. The van der Waals surface area contributed by atoms with Gasteiger partial charge >= 0.3 is 0 Å². The van der Waals surface area contributed by atoms with Crippen molar-refractivity contribution in [1.82, 2.24) is 9.78 Å². The van der Waals surface area contributed by atoms with Gasteiger partial charge in [-0.05, 0) is 24.3 Å². The predicted octanol–water partition coefficient (Wildman–Crippen LogP) is 1.14. The van der Waals surface area contributed by atoms with Crippen LogP contribution in [-0.4, -0.2) is 30.0 Å². The number of aliphatic carboxylic acids is 1. The van der Waals surface area contributed by atoms with Crippen LogP contribution in [0.15, 0.2) is 30.0 Å². The van der Waals surface area contributed by atoms with Crippen molar-refractivity contribution in [3.63, 3.8) is 0 Å². The van der Waals surface area contributed by atoms with E-state index in [1.807, 2.05) is 6.07 Å². The molecule has 8 nitrogen and oxygen atoms in total. The Morgan fingerprint density at radius 2 is 2.04 bits per heavy atom. The molecule has 8 heteroatoms. The molecule has 0 N–H and O–H groups in total. The number of aromatic nitrogens is 2. The molecule has 0 saturated heterocycles. The standard InChI is InChI=1S/C18H16N4O4/c1-25-15-5-4-12(9-16(15)26-2)17-14(8-13(10-20)18(23)24)11-22(21-17)7-3-6-19/h4-5,8-9,11H,3,7H2,1-2H3,(H,23,24)/p-1/b13-8+. The lowest BCUT2D eigenvalue weighted by molar-refractivity contribution is -0.298. The summed E-state index contributed by atoms with van der Waals surface area (Å²) in [5.74, 6) is -0.563. The van der Waals surface area contributed by atoms with Crippen LogP contribution in [0, 0.1) is 22.7 Å². The summed E-state index contributed by atoms with van der Waals surface area (Å²) in [6, 6.07) is 8.73. The van der Waals surface area contributed by atoms with Crippen molar-refractivity contribution in [2.75, 3.05) is 14.2 Å². The SMILES string of the molecule is COc1ccc(-c2nn(CCC#N)cc2/C=C(\C#N)C(=O)[O-])cc1OC. The number of carboxylic acid groups (broad SMARTS) is 1. The minimum absolute atomic E-state index is 0.238. The molecule has 2 rings (SSSR count). The van der Waals surface area contributed by atoms with E-state index in [0.29, 0.717) is 34.9 Å². The normalized spacial score (nSPS) is 10.7. The Labute approximate surface area is 150 Å². The van der Waals surface area contributed by atoms with Crippen molar-refractivity contribution in [2.24, 2.45) is 0 Å². The summed E-state index contributed by atoms with van der Waals surface area (Å²) in [5, 5.41) is 33.1. The Kier molecular flexibility index (Phi) is 5.96. The van der Waals surface area contributed by atoms with Gasteiger partial charge in [0.2, 0.25) is 0 Å². The number of carboxylic acids is 1. The van der Waals surface area contributed by atoms with Gasteiger partial charge in [0.15, 0.2) is 11.5 Å². The van der Waals surface area contributed by atoms with Crippen LogP contribution in [0.4, 0.5) is 0 Å². The molecule has 0 unspecified atom stereocenters. The molecule has 0 radical (unpaired) electrons. The maximum absolute atomic E-state index is 11.0. The number of aryl methyl sites for hydroxylation is 1. The Hall–Kier alpha value is -3.78. The first-order chi connectivity index (χ1) is 12.5. The third kappa shape index (κ3) is 4.00. The van der Waals surface area contributed by atoms with Crippen LogP contribution in [0.1, 0.15) is 12.0 Å². The van der Waals surface area contributed by atoms with Gasteiger partial charge in [-0.2, -0.15) is 15.6 Å². The zero-order chi connectivity index (χ0) is 19.1. The topological polar surface area (TPSA) is 124 Å². The first-order valence-corrected chi connectivity index (χ1v) is 7.54. The zero-order valence-electron chi connectivity index (χ0n) is 14.2. The molecule has 0 bridgehead atoms. The molecular formula is C18H15N4O4-. The maximum atomic E-state index is 11.0. The molecule has 0 aliphatic rings. The number of ether oxygens (including phenoxy) is 2. The molecule has 0 aliphatic heterocycles. The van der Waals surface area contributed by atoms with E-state index in [1.54, 1.807) is 30.5 Å². The van der Waals surface area contributed by atoms with Crippen molar-refractivity contribution < 1.29 is 19.4 Å². The molecule has 132 valence electrons. The second-order valence-corrected chi connectivity index (χ2v) is 5.13. The van der Waals surface area contributed by atoms with E-state index in [9.17, 15) is 9.90 Å². The first kappa shape index (κ1) is 18.6. The van der Waals surface area contributed by atoms with Crippen LogP contribution in [-0.2, 0) is 11.3 Å². The van der Waals surface area contributed by atoms with Gasteiger partial charge in [0, 0.05) is 17.3 Å². The number of methoxy groups -OCH3 is 2. The van der Waals surface area contributed by atoms with Crippen LogP contribution >= 0.6 is 0 Å². The number of hydrogen-bond acceptors (Lipinski definition) is 7. The monoisotopic (exact) mass is 351 g/mol. The summed E-state index contributed by atoms with van der Waals surface area (Å²) in [7, 11) is 3.01. The van der Waals surface area contributed by atoms with Gasteiger partial charge < -0.3 is 19.4 Å². The largest absolute Gasteiger partial charge is 0.544 e. The molecule has 1 aromatic carbocycles. The highest BCUT2D eigenvalue weighted by atomic mass is 16.5. The van der Waals surface area contributed by atoms with Gasteiger partial charge in [-0.3, -0.25) is 4.68 Å². The Morgan fingerprint density at radius 1 is 1.31 bits per heavy atom. The lowest BCUT2D eigenvalue weighted by Crippen LogP contribution is -2.23. The van der Waals surface area contributed by atoms with Crippen molar-refractivity contribution in [3.8, 4) is 34.9 Å². The Bertz CT molecular complexity index is 932. The molecule has 0 fully saturated rings. The summed E-state index contributed by atoms with van der Waals surface area (Å²) in [6.07, 6.45) is 3.00. The second kappa shape index (κ2) is 8.36. The molecular weight excluding hydrogens is 336 g/mol. The second-order valence-electron chi connectivity index (χ2n) is 5.13. The maximum Gasteiger partial charge on any atom is 0.161 e. The van der Waals surface area contributed by atoms with Gasteiger partial charge in [0.25, 0.3) is 0 Å². The van der Waals surface area contributed by atoms with E-state index < -0.39 is 11.5 Å². The molecule has 0 aliphatic carbocycles. The smallest absolute Gasteiger partial charge is 0.161 e. The molecule has 2 aromatic rings. The van der Waals surface area contributed by atoms with Gasteiger partial charge in [-0.15, -0.1) is 0 Å². The van der Waals surface area contributed by atoms with E-state index in [0.717, 1.165) is 0 Å². The third-order valence-corrected chi connectivity index (χ3v) is 3.54. The number of carbonyl (C=O) groups excluding carboxylic acids is 1. The average Bonchev–Trinajstić information content (AvgIpc) is 3.06. The fourth-order valence-corrected chi connectivity index (χ4v) is 2.32. The van der Waals surface area contributed by atoms with Crippen molar-refractivity contribution in [3.05, 3.63) is 35.5 Å². The van der Waals surface area contributed by atoms with Gasteiger partial charge in [-0.25, -0.2) is 0 Å². The summed E-state index contributed by atoms with van der Waals surface area (Å²) in [5.41, 5.74) is 0.973. The summed E-state index contributed by atoms with van der Waals surface area (Å²) < 4.78 is 12.0. The summed E-state index contributed by atoms with van der Waals surface area (Å²) >= 11 is 0. The summed E-state index contributed by atoms with van der Waals surface area (Å²) in [6.45, 7) is 0.331. The lowest BCUT2D eigenvalue weighted by atomic mass is 10.1. The fourth-order valence-electron chi connectivity index (χ4n) is 2.32. The number of hydrogen-bond donors (Lipinski definition) is 0. The number of benzene rings is 1. The number of carbonyl (C=O) groups is 1. The van der Waals surface area contributed by atoms with Crippen LogP contribution in [0.3, 0.4) is 0 Å². The molecule has 0 saturated carbocycles. The van der Waals surface area contributed by atoms with Gasteiger partial charge in [0.1, 0.15) is 6.07 Å². The molecule has 0 amide bonds. The van der Waals surface area contributed by atoms with E-state index >= 15 is 0 Å². The highest BCUT2D eigenvalue weighted by Gasteiger charge is 2.14. The van der Waals surface area contributed by atoms with Crippen molar-refractivity contribution in [2.45, 2.75) is 13.0 Å². The van der Waals surface area contributed by atoms with Gasteiger partial charge in [-0.1, -0.05) is 0 Å².